The highest BCUT2D eigenvalue weighted by Crippen LogP contribution is 2.28. The SMILES string of the molecule is O=C(O)CN(CCC1CCCCC1)C1CCCC1. The van der Waals surface area contributed by atoms with Crippen molar-refractivity contribution in [2.75, 3.05) is 13.1 Å². The van der Waals surface area contributed by atoms with Gasteiger partial charge in [-0.05, 0) is 31.7 Å². The Morgan fingerprint density at radius 2 is 1.61 bits per heavy atom. The van der Waals surface area contributed by atoms with Crippen LogP contribution in [-0.2, 0) is 4.79 Å². The van der Waals surface area contributed by atoms with E-state index in [1.807, 2.05) is 0 Å². The topological polar surface area (TPSA) is 40.5 Å². The van der Waals surface area contributed by atoms with Crippen LogP contribution in [0, 0.1) is 5.92 Å². The van der Waals surface area contributed by atoms with Gasteiger partial charge in [0.05, 0.1) is 6.54 Å². The number of nitrogens with zero attached hydrogens (tertiary/aromatic N) is 1. The summed E-state index contributed by atoms with van der Waals surface area (Å²) in [5, 5.41) is 9.04. The molecule has 104 valence electrons. The van der Waals surface area contributed by atoms with Crippen LogP contribution in [0.1, 0.15) is 64.2 Å². The Balaban J connectivity index is 1.78. The van der Waals surface area contributed by atoms with Crippen molar-refractivity contribution in [2.45, 2.75) is 70.3 Å². The first-order chi connectivity index (χ1) is 8.75. The van der Waals surface area contributed by atoms with Gasteiger partial charge in [0.15, 0.2) is 0 Å². The molecule has 0 amide bonds. The molecule has 2 saturated carbocycles. The fourth-order valence-electron chi connectivity index (χ4n) is 3.66. The maximum Gasteiger partial charge on any atom is 0.317 e. The molecule has 18 heavy (non-hydrogen) atoms. The van der Waals surface area contributed by atoms with E-state index in [1.165, 1.54) is 64.2 Å². The van der Waals surface area contributed by atoms with E-state index >= 15 is 0 Å². The smallest absolute Gasteiger partial charge is 0.317 e. The Labute approximate surface area is 111 Å². The van der Waals surface area contributed by atoms with E-state index in [1.54, 1.807) is 0 Å². The molecule has 3 nitrogen and oxygen atoms in total. The lowest BCUT2D eigenvalue weighted by atomic mass is 9.87. The molecule has 0 unspecified atom stereocenters. The minimum absolute atomic E-state index is 0.247. The van der Waals surface area contributed by atoms with E-state index in [0.717, 1.165) is 12.5 Å². The molecule has 0 spiro atoms. The van der Waals surface area contributed by atoms with Gasteiger partial charge in [-0.15, -0.1) is 0 Å². The summed E-state index contributed by atoms with van der Waals surface area (Å²) in [6, 6.07) is 0.546. The van der Waals surface area contributed by atoms with Crippen LogP contribution in [0.2, 0.25) is 0 Å². The second-order valence-corrected chi connectivity index (χ2v) is 6.10. The van der Waals surface area contributed by atoms with E-state index in [9.17, 15) is 4.79 Å². The molecule has 0 saturated heterocycles. The molecule has 2 rings (SSSR count). The predicted molar refractivity (Wildman–Crippen MR) is 72.7 cm³/mol. The van der Waals surface area contributed by atoms with Crippen LogP contribution in [0.3, 0.4) is 0 Å². The summed E-state index contributed by atoms with van der Waals surface area (Å²) in [6.45, 7) is 1.25. The zero-order valence-electron chi connectivity index (χ0n) is 11.4. The molecule has 0 aromatic carbocycles. The van der Waals surface area contributed by atoms with Crippen LogP contribution in [0.5, 0.6) is 0 Å². The number of rotatable bonds is 6. The average molecular weight is 253 g/mol. The summed E-state index contributed by atoms with van der Waals surface area (Å²) in [4.78, 5) is 13.2. The molecular formula is C15H27NO2. The van der Waals surface area contributed by atoms with E-state index in [4.69, 9.17) is 5.11 Å². The molecule has 0 aromatic rings. The normalized spacial score (nSPS) is 22.7. The lowest BCUT2D eigenvalue weighted by molar-refractivity contribution is -0.139. The van der Waals surface area contributed by atoms with Crippen LogP contribution in [0.4, 0.5) is 0 Å². The maximum atomic E-state index is 11.0. The number of carboxylic acid groups (broad SMARTS) is 1. The Morgan fingerprint density at radius 3 is 2.22 bits per heavy atom. The highest BCUT2D eigenvalue weighted by Gasteiger charge is 2.25. The van der Waals surface area contributed by atoms with Crippen molar-refractivity contribution < 1.29 is 9.90 Å². The van der Waals surface area contributed by atoms with Crippen molar-refractivity contribution in [3.8, 4) is 0 Å². The lowest BCUT2D eigenvalue weighted by Gasteiger charge is -2.30. The van der Waals surface area contributed by atoms with Crippen molar-refractivity contribution in [2.24, 2.45) is 5.92 Å². The summed E-state index contributed by atoms with van der Waals surface area (Å²) >= 11 is 0. The van der Waals surface area contributed by atoms with Crippen molar-refractivity contribution in [3.63, 3.8) is 0 Å². The molecule has 1 N–H and O–H groups in total. The fraction of sp³-hybridized carbons (Fsp3) is 0.933. The number of hydrogen-bond acceptors (Lipinski definition) is 2. The highest BCUT2D eigenvalue weighted by molar-refractivity contribution is 5.69. The molecule has 2 fully saturated rings. The van der Waals surface area contributed by atoms with E-state index in [2.05, 4.69) is 4.90 Å². The summed E-state index contributed by atoms with van der Waals surface area (Å²) in [5.74, 6) is 0.196. The lowest BCUT2D eigenvalue weighted by Crippen LogP contribution is -2.39. The van der Waals surface area contributed by atoms with E-state index in [-0.39, 0.29) is 6.54 Å². The van der Waals surface area contributed by atoms with Gasteiger partial charge in [0, 0.05) is 6.04 Å². The second-order valence-electron chi connectivity index (χ2n) is 6.10. The van der Waals surface area contributed by atoms with Gasteiger partial charge in [0.25, 0.3) is 0 Å². The molecule has 0 bridgehead atoms. The zero-order chi connectivity index (χ0) is 12.8. The van der Waals surface area contributed by atoms with Gasteiger partial charge < -0.3 is 5.11 Å². The van der Waals surface area contributed by atoms with Crippen molar-refractivity contribution >= 4 is 5.97 Å². The summed E-state index contributed by atoms with van der Waals surface area (Å²) in [5.41, 5.74) is 0. The van der Waals surface area contributed by atoms with Crippen molar-refractivity contribution in [3.05, 3.63) is 0 Å². The third kappa shape index (κ3) is 4.27. The molecule has 0 aliphatic heterocycles. The fourth-order valence-corrected chi connectivity index (χ4v) is 3.66. The molecule has 2 aliphatic carbocycles. The largest absolute Gasteiger partial charge is 0.480 e. The first kappa shape index (κ1) is 13.9. The van der Waals surface area contributed by atoms with Gasteiger partial charge in [0.1, 0.15) is 0 Å². The Hall–Kier alpha value is -0.570. The molecule has 0 aromatic heterocycles. The second kappa shape index (κ2) is 7.13. The van der Waals surface area contributed by atoms with Gasteiger partial charge in [-0.25, -0.2) is 0 Å². The van der Waals surface area contributed by atoms with Gasteiger partial charge in [0.2, 0.25) is 0 Å². The molecule has 0 heterocycles. The number of aliphatic carboxylic acids is 1. The standard InChI is InChI=1S/C15H27NO2/c17-15(18)12-16(14-8-4-5-9-14)11-10-13-6-2-1-3-7-13/h13-14H,1-12H2,(H,17,18). The Morgan fingerprint density at radius 1 is 1.00 bits per heavy atom. The van der Waals surface area contributed by atoms with Crippen LogP contribution in [-0.4, -0.2) is 35.1 Å². The van der Waals surface area contributed by atoms with Gasteiger partial charge in [-0.3, -0.25) is 9.69 Å². The Bertz CT molecular complexity index is 255. The molecule has 2 aliphatic rings. The quantitative estimate of drug-likeness (QED) is 0.789. The van der Waals surface area contributed by atoms with Gasteiger partial charge >= 0.3 is 5.97 Å². The van der Waals surface area contributed by atoms with Crippen LogP contribution in [0.15, 0.2) is 0 Å². The molecular weight excluding hydrogens is 226 g/mol. The molecule has 3 heteroatoms. The minimum atomic E-state index is -0.662. The number of hydrogen-bond donors (Lipinski definition) is 1. The number of carboxylic acids is 1. The third-order valence-corrected chi connectivity index (χ3v) is 4.73. The van der Waals surface area contributed by atoms with Crippen molar-refractivity contribution in [1.82, 2.24) is 4.90 Å². The zero-order valence-corrected chi connectivity index (χ0v) is 11.4. The van der Waals surface area contributed by atoms with Crippen molar-refractivity contribution in [1.29, 1.82) is 0 Å². The third-order valence-electron chi connectivity index (χ3n) is 4.73. The highest BCUT2D eigenvalue weighted by atomic mass is 16.4. The number of carbonyl (C=O) groups is 1. The minimum Gasteiger partial charge on any atom is -0.480 e. The van der Waals surface area contributed by atoms with Gasteiger partial charge in [-0.1, -0.05) is 44.9 Å². The van der Waals surface area contributed by atoms with Crippen LogP contribution >= 0.6 is 0 Å². The molecule has 0 radical (unpaired) electrons. The van der Waals surface area contributed by atoms with E-state index in [0.29, 0.717) is 6.04 Å². The summed E-state index contributed by atoms with van der Waals surface area (Å²) in [7, 11) is 0. The predicted octanol–water partition coefficient (Wildman–Crippen LogP) is 3.29. The van der Waals surface area contributed by atoms with Crippen LogP contribution in [0.25, 0.3) is 0 Å². The van der Waals surface area contributed by atoms with E-state index < -0.39 is 5.97 Å². The average Bonchev–Trinajstić information content (AvgIpc) is 2.89. The first-order valence-corrected chi connectivity index (χ1v) is 7.71. The first-order valence-electron chi connectivity index (χ1n) is 7.71. The Kier molecular flexibility index (Phi) is 5.48. The summed E-state index contributed by atoms with van der Waals surface area (Å²) in [6.07, 6.45) is 13.1. The van der Waals surface area contributed by atoms with Gasteiger partial charge in [-0.2, -0.15) is 0 Å². The maximum absolute atomic E-state index is 11.0. The monoisotopic (exact) mass is 253 g/mol. The summed E-state index contributed by atoms with van der Waals surface area (Å²) < 4.78 is 0. The van der Waals surface area contributed by atoms with Crippen LogP contribution < -0.4 is 0 Å². The molecule has 0 atom stereocenters.